The van der Waals surface area contributed by atoms with Crippen molar-refractivity contribution in [3.63, 3.8) is 0 Å². The molecule has 2 aromatic carbocycles. The van der Waals surface area contributed by atoms with Crippen LogP contribution in [0.4, 0.5) is 5.69 Å². The van der Waals surface area contributed by atoms with E-state index in [4.69, 9.17) is 18.6 Å². The third-order valence-electron chi connectivity index (χ3n) is 4.87. The van der Waals surface area contributed by atoms with E-state index in [0.29, 0.717) is 11.5 Å². The van der Waals surface area contributed by atoms with E-state index >= 15 is 0 Å². The van der Waals surface area contributed by atoms with Crippen LogP contribution in [0.2, 0.25) is 0 Å². The summed E-state index contributed by atoms with van der Waals surface area (Å²) >= 11 is 0. The van der Waals surface area contributed by atoms with Gasteiger partial charge in [-0.1, -0.05) is 0 Å². The number of aryl methyl sites for hydroxylation is 2. The highest BCUT2D eigenvalue weighted by Gasteiger charge is 2.21. The van der Waals surface area contributed by atoms with Gasteiger partial charge in [0.25, 0.3) is 0 Å². The number of esters is 1. The summed E-state index contributed by atoms with van der Waals surface area (Å²) < 4.78 is 21.5. The van der Waals surface area contributed by atoms with Gasteiger partial charge in [0.15, 0.2) is 6.61 Å². The fourth-order valence-corrected chi connectivity index (χ4v) is 3.48. The summed E-state index contributed by atoms with van der Waals surface area (Å²) in [6.45, 7) is -0.380. The van der Waals surface area contributed by atoms with Gasteiger partial charge in [0, 0.05) is 17.4 Å². The summed E-state index contributed by atoms with van der Waals surface area (Å²) in [5.74, 6) is 0.920. The van der Waals surface area contributed by atoms with E-state index in [0.717, 1.165) is 42.4 Å². The predicted octanol–water partition coefficient (Wildman–Crippen LogP) is 4.21. The molecule has 8 heteroatoms. The number of furan rings is 1. The Kier molecular flexibility index (Phi) is 5.07. The zero-order valence-corrected chi connectivity index (χ0v) is 15.8. The van der Waals surface area contributed by atoms with Crippen molar-refractivity contribution in [1.82, 2.24) is 0 Å². The predicted molar refractivity (Wildman–Crippen MR) is 104 cm³/mol. The standard InChI is InChI=1S/C21H19NO7/c1-26-13-6-9-20(17(11-13)22(24)25)29-21(23)12-27-14-7-8-19-16(10-14)15-4-2-3-5-18(15)28-19/h6-11H,2-5,12H2,1H3. The minimum Gasteiger partial charge on any atom is -0.496 e. The Morgan fingerprint density at radius 3 is 2.72 bits per heavy atom. The van der Waals surface area contributed by atoms with Gasteiger partial charge in [0.2, 0.25) is 5.75 Å². The van der Waals surface area contributed by atoms with Crippen LogP contribution in [-0.2, 0) is 17.6 Å². The Bertz CT molecular complexity index is 1090. The molecule has 0 saturated carbocycles. The summed E-state index contributed by atoms with van der Waals surface area (Å²) in [5, 5.41) is 12.2. The summed E-state index contributed by atoms with van der Waals surface area (Å²) in [4.78, 5) is 22.7. The number of carbonyl (C=O) groups is 1. The maximum Gasteiger partial charge on any atom is 0.349 e. The number of nitro benzene ring substituents is 1. The van der Waals surface area contributed by atoms with E-state index in [1.165, 1.54) is 30.9 Å². The SMILES string of the molecule is COc1ccc(OC(=O)COc2ccc3oc4c(c3c2)CCCC4)c([N+](=O)[O-])c1. The first kappa shape index (κ1) is 18.8. The highest BCUT2D eigenvalue weighted by Crippen LogP contribution is 2.34. The number of rotatable bonds is 6. The molecule has 29 heavy (non-hydrogen) atoms. The lowest BCUT2D eigenvalue weighted by Gasteiger charge is -2.09. The van der Waals surface area contributed by atoms with E-state index in [2.05, 4.69) is 0 Å². The molecule has 1 aliphatic rings. The second kappa shape index (κ2) is 7.83. The number of ether oxygens (including phenoxy) is 3. The van der Waals surface area contributed by atoms with Crippen molar-refractivity contribution in [3.05, 3.63) is 57.8 Å². The Morgan fingerprint density at radius 1 is 1.14 bits per heavy atom. The first-order valence-electron chi connectivity index (χ1n) is 9.25. The molecule has 0 unspecified atom stereocenters. The number of fused-ring (bicyclic) bond motifs is 3. The van der Waals surface area contributed by atoms with Crippen LogP contribution in [0.1, 0.15) is 24.2 Å². The molecule has 150 valence electrons. The van der Waals surface area contributed by atoms with Gasteiger partial charge < -0.3 is 18.6 Å². The molecule has 0 aliphatic heterocycles. The summed E-state index contributed by atoms with van der Waals surface area (Å²) in [5.41, 5.74) is 1.65. The Balaban J connectivity index is 1.45. The van der Waals surface area contributed by atoms with Gasteiger partial charge in [0.05, 0.1) is 18.1 Å². The van der Waals surface area contributed by atoms with Crippen LogP contribution < -0.4 is 14.2 Å². The summed E-state index contributed by atoms with van der Waals surface area (Å²) in [7, 11) is 1.40. The molecule has 0 bridgehead atoms. The molecule has 1 heterocycles. The maximum absolute atomic E-state index is 12.1. The van der Waals surface area contributed by atoms with E-state index in [1.54, 1.807) is 6.07 Å². The van der Waals surface area contributed by atoms with Crippen LogP contribution in [0.5, 0.6) is 17.2 Å². The lowest BCUT2D eigenvalue weighted by Crippen LogP contribution is -2.18. The average Bonchev–Trinajstić information content (AvgIpc) is 3.10. The number of hydrogen-bond donors (Lipinski definition) is 0. The van der Waals surface area contributed by atoms with Crippen molar-refractivity contribution in [2.45, 2.75) is 25.7 Å². The fraction of sp³-hybridized carbons (Fsp3) is 0.286. The Morgan fingerprint density at radius 2 is 1.93 bits per heavy atom. The van der Waals surface area contributed by atoms with Crippen molar-refractivity contribution in [2.24, 2.45) is 0 Å². The van der Waals surface area contributed by atoms with Crippen molar-refractivity contribution in [2.75, 3.05) is 13.7 Å². The molecule has 0 fully saturated rings. The maximum atomic E-state index is 12.1. The average molecular weight is 397 g/mol. The number of benzene rings is 2. The molecule has 3 aromatic rings. The lowest BCUT2D eigenvalue weighted by atomic mass is 9.96. The molecule has 0 spiro atoms. The number of carbonyl (C=O) groups excluding carboxylic acids is 1. The summed E-state index contributed by atoms with van der Waals surface area (Å²) in [6, 6.07) is 9.39. The van der Waals surface area contributed by atoms with Gasteiger partial charge >= 0.3 is 11.7 Å². The lowest BCUT2D eigenvalue weighted by molar-refractivity contribution is -0.385. The monoisotopic (exact) mass is 397 g/mol. The molecule has 8 nitrogen and oxygen atoms in total. The molecule has 0 atom stereocenters. The van der Waals surface area contributed by atoms with Gasteiger partial charge in [-0.05, 0) is 49.6 Å². The first-order valence-corrected chi connectivity index (χ1v) is 9.25. The number of hydrogen-bond acceptors (Lipinski definition) is 7. The van der Waals surface area contributed by atoms with Gasteiger partial charge in [-0.15, -0.1) is 0 Å². The molecular formula is C21H19NO7. The second-order valence-electron chi connectivity index (χ2n) is 6.72. The Labute approximate surface area is 166 Å². The van der Waals surface area contributed by atoms with Crippen LogP contribution in [0.25, 0.3) is 11.0 Å². The third kappa shape index (κ3) is 3.87. The van der Waals surface area contributed by atoms with Crippen LogP contribution in [0, 0.1) is 10.1 Å². The van der Waals surface area contributed by atoms with Gasteiger partial charge in [-0.2, -0.15) is 0 Å². The third-order valence-corrected chi connectivity index (χ3v) is 4.87. The number of nitrogens with zero attached hydrogens (tertiary/aromatic N) is 1. The van der Waals surface area contributed by atoms with E-state index in [1.807, 2.05) is 12.1 Å². The van der Waals surface area contributed by atoms with E-state index < -0.39 is 10.9 Å². The van der Waals surface area contributed by atoms with E-state index in [-0.39, 0.29) is 18.0 Å². The number of methoxy groups -OCH3 is 1. The minimum atomic E-state index is -0.743. The van der Waals surface area contributed by atoms with Crippen LogP contribution in [0.15, 0.2) is 40.8 Å². The van der Waals surface area contributed by atoms with Gasteiger partial charge in [0.1, 0.15) is 22.8 Å². The van der Waals surface area contributed by atoms with Crippen LogP contribution >= 0.6 is 0 Å². The molecular weight excluding hydrogens is 378 g/mol. The number of nitro groups is 1. The van der Waals surface area contributed by atoms with Crippen molar-refractivity contribution in [3.8, 4) is 17.2 Å². The second-order valence-corrected chi connectivity index (χ2v) is 6.72. The Hall–Kier alpha value is -3.55. The topological polar surface area (TPSA) is 101 Å². The molecule has 0 radical (unpaired) electrons. The van der Waals surface area contributed by atoms with Crippen LogP contribution in [0.3, 0.4) is 0 Å². The highest BCUT2D eigenvalue weighted by atomic mass is 16.6. The molecule has 1 aliphatic carbocycles. The van der Waals surface area contributed by atoms with Crippen molar-refractivity contribution < 1.29 is 28.3 Å². The largest absolute Gasteiger partial charge is 0.496 e. The zero-order chi connectivity index (χ0) is 20.4. The quantitative estimate of drug-likeness (QED) is 0.266. The normalized spacial score (nSPS) is 13.0. The van der Waals surface area contributed by atoms with Crippen LogP contribution in [-0.4, -0.2) is 24.6 Å². The smallest absolute Gasteiger partial charge is 0.349 e. The fourth-order valence-electron chi connectivity index (χ4n) is 3.48. The highest BCUT2D eigenvalue weighted by molar-refractivity contribution is 5.84. The molecule has 0 N–H and O–H groups in total. The van der Waals surface area contributed by atoms with Crippen molar-refractivity contribution >= 4 is 22.6 Å². The molecule has 1 aromatic heterocycles. The first-order chi connectivity index (χ1) is 14.0. The van der Waals surface area contributed by atoms with Gasteiger partial charge in [-0.3, -0.25) is 10.1 Å². The minimum absolute atomic E-state index is 0.163. The zero-order valence-electron chi connectivity index (χ0n) is 15.8. The molecule has 0 saturated heterocycles. The van der Waals surface area contributed by atoms with Crippen molar-refractivity contribution in [1.29, 1.82) is 0 Å². The van der Waals surface area contributed by atoms with Gasteiger partial charge in [-0.25, -0.2) is 4.79 Å². The summed E-state index contributed by atoms with van der Waals surface area (Å²) in [6.07, 6.45) is 4.15. The molecule has 0 amide bonds. The van der Waals surface area contributed by atoms with E-state index in [9.17, 15) is 14.9 Å². The molecule has 4 rings (SSSR count).